The Hall–Kier alpha value is -1.34. The summed E-state index contributed by atoms with van der Waals surface area (Å²) < 4.78 is 22.2. The molecule has 0 bridgehead atoms. The minimum absolute atomic E-state index is 0.139. The van der Waals surface area contributed by atoms with Crippen LogP contribution in [0.15, 0.2) is 23.4 Å². The first kappa shape index (κ1) is 14.6. The molecule has 0 amide bonds. The molecule has 112 valence electrons. The molecule has 0 radical (unpaired) electrons. The van der Waals surface area contributed by atoms with Crippen molar-refractivity contribution < 1.29 is 8.42 Å². The normalized spacial score (nSPS) is 14.3. The fourth-order valence-electron chi connectivity index (χ4n) is 2.44. The Morgan fingerprint density at radius 2 is 2.10 bits per heavy atom. The molecule has 0 saturated heterocycles. The number of aryl methyl sites for hydroxylation is 2. The molecule has 0 spiro atoms. The summed E-state index contributed by atoms with van der Waals surface area (Å²) in [6, 6.07) is 6.40. The van der Waals surface area contributed by atoms with E-state index in [-0.39, 0.29) is 5.75 Å². The number of sulfone groups is 1. The molecule has 7 heteroatoms. The zero-order chi connectivity index (χ0) is 14.9. The van der Waals surface area contributed by atoms with Crippen LogP contribution in [0.1, 0.15) is 17.5 Å². The lowest BCUT2D eigenvalue weighted by Gasteiger charge is -2.01. The summed E-state index contributed by atoms with van der Waals surface area (Å²) in [7, 11) is -2.93. The molecule has 3 rings (SSSR count). The van der Waals surface area contributed by atoms with Gasteiger partial charge >= 0.3 is 0 Å². The van der Waals surface area contributed by atoms with E-state index in [4.69, 9.17) is 0 Å². The molecule has 0 fully saturated rings. The van der Waals surface area contributed by atoms with E-state index < -0.39 is 9.84 Å². The van der Waals surface area contributed by atoms with Gasteiger partial charge in [-0.25, -0.2) is 13.4 Å². The van der Waals surface area contributed by atoms with Gasteiger partial charge in [0.25, 0.3) is 0 Å². The summed E-state index contributed by atoms with van der Waals surface area (Å²) in [5.74, 6) is 1.35. The lowest BCUT2D eigenvalue weighted by atomic mass is 10.1. The van der Waals surface area contributed by atoms with Crippen LogP contribution in [0.4, 0.5) is 0 Å². The van der Waals surface area contributed by atoms with E-state index in [1.54, 1.807) is 0 Å². The van der Waals surface area contributed by atoms with Crippen molar-refractivity contribution in [1.29, 1.82) is 0 Å². The first-order valence-electron chi connectivity index (χ1n) is 6.86. The second-order valence-corrected chi connectivity index (χ2v) is 8.60. The Labute approximate surface area is 128 Å². The first-order valence-corrected chi connectivity index (χ1v) is 9.91. The molecule has 2 aromatic rings. The van der Waals surface area contributed by atoms with E-state index in [2.05, 4.69) is 33.4 Å². The SMILES string of the molecule is CS(=O)(=O)CCSc1n[nH]c(-c2ccc3c(c2)CCC3)n1. The first-order chi connectivity index (χ1) is 10.0. The number of hydrogen-bond acceptors (Lipinski definition) is 5. The molecule has 0 saturated carbocycles. The third-order valence-corrected chi connectivity index (χ3v) is 5.58. The molecule has 1 aromatic heterocycles. The van der Waals surface area contributed by atoms with Gasteiger partial charge in [0.2, 0.25) is 5.16 Å². The third-order valence-electron chi connectivity index (χ3n) is 3.52. The van der Waals surface area contributed by atoms with E-state index in [1.807, 2.05) is 0 Å². The van der Waals surface area contributed by atoms with Gasteiger partial charge in [0.05, 0.1) is 5.75 Å². The van der Waals surface area contributed by atoms with E-state index in [0.29, 0.717) is 10.9 Å². The van der Waals surface area contributed by atoms with Crippen LogP contribution in [0.25, 0.3) is 11.4 Å². The Morgan fingerprint density at radius 3 is 2.90 bits per heavy atom. The summed E-state index contributed by atoms with van der Waals surface area (Å²) >= 11 is 1.36. The second-order valence-electron chi connectivity index (χ2n) is 5.28. The van der Waals surface area contributed by atoms with Crippen molar-refractivity contribution >= 4 is 21.6 Å². The highest BCUT2D eigenvalue weighted by molar-refractivity contribution is 8.00. The monoisotopic (exact) mass is 323 g/mol. The second kappa shape index (κ2) is 5.81. The fourth-order valence-corrected chi connectivity index (χ4v) is 4.44. The van der Waals surface area contributed by atoms with Crippen molar-refractivity contribution in [2.45, 2.75) is 24.4 Å². The minimum atomic E-state index is -2.93. The standard InChI is InChI=1S/C14H17N3O2S2/c1-21(18,19)8-7-20-14-15-13(16-17-14)12-6-5-10-3-2-4-11(10)9-12/h5-6,9H,2-4,7-8H2,1H3,(H,15,16,17). The van der Waals surface area contributed by atoms with Gasteiger partial charge in [-0.05, 0) is 36.5 Å². The Bertz CT molecular complexity index is 753. The van der Waals surface area contributed by atoms with Crippen molar-refractivity contribution in [1.82, 2.24) is 15.2 Å². The number of nitrogens with one attached hydrogen (secondary N) is 1. The average molecular weight is 323 g/mol. The van der Waals surface area contributed by atoms with Crippen molar-refractivity contribution in [3.05, 3.63) is 29.3 Å². The smallest absolute Gasteiger partial charge is 0.208 e. The van der Waals surface area contributed by atoms with E-state index in [9.17, 15) is 8.42 Å². The molecule has 0 unspecified atom stereocenters. The van der Waals surface area contributed by atoms with Crippen LogP contribution in [-0.4, -0.2) is 41.4 Å². The van der Waals surface area contributed by atoms with Crippen LogP contribution in [0.3, 0.4) is 0 Å². The summed E-state index contributed by atoms with van der Waals surface area (Å²) in [6.07, 6.45) is 4.76. The number of aromatic amines is 1. The predicted octanol–water partition coefficient (Wildman–Crippen LogP) is 2.10. The number of H-pyrrole nitrogens is 1. The molecular formula is C14H17N3O2S2. The molecule has 1 aliphatic rings. The number of hydrogen-bond donors (Lipinski definition) is 1. The van der Waals surface area contributed by atoms with Crippen LogP contribution in [0.5, 0.6) is 0 Å². The summed E-state index contributed by atoms with van der Waals surface area (Å²) in [5, 5.41) is 7.66. The maximum Gasteiger partial charge on any atom is 0.208 e. The van der Waals surface area contributed by atoms with Crippen molar-refractivity contribution in [2.75, 3.05) is 17.8 Å². The molecule has 0 atom stereocenters. The van der Waals surface area contributed by atoms with Crippen molar-refractivity contribution in [3.63, 3.8) is 0 Å². The Kier molecular flexibility index (Phi) is 4.03. The number of rotatable bonds is 5. The number of fused-ring (bicyclic) bond motifs is 1. The highest BCUT2D eigenvalue weighted by Crippen LogP contribution is 2.27. The van der Waals surface area contributed by atoms with Gasteiger partial charge in [0.1, 0.15) is 9.84 Å². The van der Waals surface area contributed by atoms with Crippen LogP contribution >= 0.6 is 11.8 Å². The van der Waals surface area contributed by atoms with E-state index >= 15 is 0 Å². The van der Waals surface area contributed by atoms with E-state index in [1.165, 1.54) is 42.0 Å². The highest BCUT2D eigenvalue weighted by Gasteiger charge is 2.13. The number of thioether (sulfide) groups is 1. The van der Waals surface area contributed by atoms with Crippen LogP contribution < -0.4 is 0 Å². The van der Waals surface area contributed by atoms with Crippen LogP contribution in [0, 0.1) is 0 Å². The fraction of sp³-hybridized carbons (Fsp3) is 0.429. The van der Waals surface area contributed by atoms with Gasteiger partial charge < -0.3 is 0 Å². The van der Waals surface area contributed by atoms with Gasteiger partial charge in [-0.1, -0.05) is 23.9 Å². The molecule has 1 N–H and O–H groups in total. The van der Waals surface area contributed by atoms with Crippen LogP contribution in [0.2, 0.25) is 0 Å². The number of nitrogens with zero attached hydrogens (tertiary/aromatic N) is 2. The van der Waals surface area contributed by atoms with Gasteiger partial charge in [0, 0.05) is 17.6 Å². The quantitative estimate of drug-likeness (QED) is 0.853. The largest absolute Gasteiger partial charge is 0.258 e. The molecule has 0 aliphatic heterocycles. The van der Waals surface area contributed by atoms with Gasteiger partial charge in [-0.2, -0.15) is 0 Å². The topological polar surface area (TPSA) is 75.7 Å². The Morgan fingerprint density at radius 1 is 1.29 bits per heavy atom. The van der Waals surface area contributed by atoms with Gasteiger partial charge in [0.15, 0.2) is 5.82 Å². The molecule has 21 heavy (non-hydrogen) atoms. The third kappa shape index (κ3) is 3.65. The predicted molar refractivity (Wildman–Crippen MR) is 84.3 cm³/mol. The minimum Gasteiger partial charge on any atom is -0.258 e. The van der Waals surface area contributed by atoms with Crippen molar-refractivity contribution in [3.8, 4) is 11.4 Å². The van der Waals surface area contributed by atoms with Gasteiger partial charge in [-0.15, -0.1) is 5.10 Å². The molecule has 1 aromatic carbocycles. The highest BCUT2D eigenvalue weighted by atomic mass is 32.2. The van der Waals surface area contributed by atoms with Gasteiger partial charge in [-0.3, -0.25) is 5.10 Å². The average Bonchev–Trinajstić information content (AvgIpc) is 3.04. The van der Waals surface area contributed by atoms with E-state index in [0.717, 1.165) is 17.8 Å². The van der Waals surface area contributed by atoms with Crippen LogP contribution in [-0.2, 0) is 22.7 Å². The maximum atomic E-state index is 11.1. The number of benzene rings is 1. The summed E-state index contributed by atoms with van der Waals surface area (Å²) in [6.45, 7) is 0. The molecule has 1 heterocycles. The molecule has 5 nitrogen and oxygen atoms in total. The lowest BCUT2D eigenvalue weighted by Crippen LogP contribution is -2.05. The Balaban J connectivity index is 1.70. The zero-order valence-corrected chi connectivity index (χ0v) is 13.4. The maximum absolute atomic E-state index is 11.1. The zero-order valence-electron chi connectivity index (χ0n) is 11.8. The summed E-state index contributed by atoms with van der Waals surface area (Å²) in [4.78, 5) is 4.43. The van der Waals surface area contributed by atoms with Crippen molar-refractivity contribution in [2.24, 2.45) is 0 Å². The molecule has 1 aliphatic carbocycles. The number of aromatic nitrogens is 3. The summed E-state index contributed by atoms with van der Waals surface area (Å²) in [5.41, 5.74) is 3.87. The molecular weight excluding hydrogens is 306 g/mol. The lowest BCUT2D eigenvalue weighted by molar-refractivity contribution is 0.603.